The van der Waals surface area contributed by atoms with Gasteiger partial charge in [-0.15, -0.1) is 0 Å². The summed E-state index contributed by atoms with van der Waals surface area (Å²) in [4.78, 5) is 0. The summed E-state index contributed by atoms with van der Waals surface area (Å²) in [5.74, 6) is 1.01. The lowest BCUT2D eigenvalue weighted by atomic mass is 9.82. The average Bonchev–Trinajstić information content (AvgIpc) is 2.62. The molecule has 0 atom stereocenters. The van der Waals surface area contributed by atoms with Gasteiger partial charge in [0.25, 0.3) is 0 Å². The lowest BCUT2D eigenvalue weighted by Crippen LogP contribution is -2.09. The second-order valence-corrected chi connectivity index (χ2v) is 6.09. The zero-order valence-corrected chi connectivity index (χ0v) is 13.4. The van der Waals surface area contributed by atoms with Crippen molar-refractivity contribution >= 4 is 0 Å². The zero-order chi connectivity index (χ0) is 15.6. The van der Waals surface area contributed by atoms with E-state index in [1.807, 2.05) is 0 Å². The van der Waals surface area contributed by atoms with E-state index in [0.29, 0.717) is 0 Å². The van der Waals surface area contributed by atoms with E-state index < -0.39 is 0 Å². The van der Waals surface area contributed by atoms with Crippen molar-refractivity contribution in [1.82, 2.24) is 0 Å². The fourth-order valence-electron chi connectivity index (χ4n) is 3.66. The molecular formula is C22H20O. The average molecular weight is 300 g/mol. The molecule has 0 aromatic heterocycles. The van der Waals surface area contributed by atoms with Crippen LogP contribution in [-0.4, -0.2) is 7.11 Å². The van der Waals surface area contributed by atoms with E-state index in [1.54, 1.807) is 7.11 Å². The maximum atomic E-state index is 5.67. The molecule has 23 heavy (non-hydrogen) atoms. The summed E-state index contributed by atoms with van der Waals surface area (Å²) in [6.45, 7) is 0. The van der Waals surface area contributed by atoms with Crippen molar-refractivity contribution in [3.63, 3.8) is 0 Å². The Morgan fingerprint density at radius 2 is 1.57 bits per heavy atom. The van der Waals surface area contributed by atoms with Crippen molar-refractivity contribution in [2.75, 3.05) is 7.11 Å². The summed E-state index contributed by atoms with van der Waals surface area (Å²) < 4.78 is 5.67. The molecule has 0 radical (unpaired) electrons. The van der Waals surface area contributed by atoms with Crippen LogP contribution >= 0.6 is 0 Å². The van der Waals surface area contributed by atoms with Crippen molar-refractivity contribution in [3.05, 3.63) is 89.0 Å². The van der Waals surface area contributed by atoms with Crippen molar-refractivity contribution in [3.8, 4) is 16.9 Å². The van der Waals surface area contributed by atoms with Crippen molar-refractivity contribution in [2.24, 2.45) is 0 Å². The smallest absolute Gasteiger partial charge is 0.122 e. The van der Waals surface area contributed by atoms with Gasteiger partial charge in [-0.1, -0.05) is 60.7 Å². The highest BCUT2D eigenvalue weighted by molar-refractivity contribution is 5.75. The van der Waals surface area contributed by atoms with Crippen LogP contribution in [0.25, 0.3) is 11.1 Å². The molecule has 3 aromatic rings. The van der Waals surface area contributed by atoms with Crippen molar-refractivity contribution in [1.29, 1.82) is 0 Å². The molecule has 1 aliphatic rings. The molecule has 3 aromatic carbocycles. The summed E-state index contributed by atoms with van der Waals surface area (Å²) in [5, 5.41) is 0. The summed E-state index contributed by atoms with van der Waals surface area (Å²) in [6.07, 6.45) is 3.12. The van der Waals surface area contributed by atoms with E-state index in [1.165, 1.54) is 33.4 Å². The Balaban J connectivity index is 1.86. The Morgan fingerprint density at radius 3 is 2.39 bits per heavy atom. The Labute approximate surface area is 137 Å². The van der Waals surface area contributed by atoms with Crippen LogP contribution in [0.5, 0.6) is 5.75 Å². The van der Waals surface area contributed by atoms with Crippen molar-refractivity contribution < 1.29 is 4.74 Å². The molecule has 1 aliphatic carbocycles. The minimum absolute atomic E-state index is 0.926. The Morgan fingerprint density at radius 1 is 0.783 bits per heavy atom. The first-order valence-electron chi connectivity index (χ1n) is 8.18. The van der Waals surface area contributed by atoms with E-state index in [9.17, 15) is 0 Å². The third-order valence-electron chi connectivity index (χ3n) is 4.78. The third-order valence-corrected chi connectivity index (χ3v) is 4.78. The summed E-state index contributed by atoms with van der Waals surface area (Å²) >= 11 is 0. The molecule has 0 N–H and O–H groups in total. The van der Waals surface area contributed by atoms with Crippen LogP contribution in [0.1, 0.15) is 22.3 Å². The highest BCUT2D eigenvalue weighted by atomic mass is 16.5. The van der Waals surface area contributed by atoms with Crippen LogP contribution in [0.15, 0.2) is 66.7 Å². The second-order valence-electron chi connectivity index (χ2n) is 6.09. The Kier molecular flexibility index (Phi) is 3.63. The standard InChI is InChI=1S/C22H20O/c1-23-22-14-13-19-18-10-6-5-9-17(18)11-12-20(19)21(22)15-16-7-3-2-4-8-16/h2-10,13-14H,11-12,15H2,1H3. The molecule has 0 bridgehead atoms. The van der Waals surface area contributed by atoms with Crippen LogP contribution in [0, 0.1) is 0 Å². The maximum absolute atomic E-state index is 5.67. The highest BCUT2D eigenvalue weighted by Crippen LogP contribution is 2.39. The first-order chi connectivity index (χ1) is 11.4. The first-order valence-corrected chi connectivity index (χ1v) is 8.18. The van der Waals surface area contributed by atoms with Crippen LogP contribution in [0.4, 0.5) is 0 Å². The van der Waals surface area contributed by atoms with Gasteiger partial charge in [0.1, 0.15) is 5.75 Å². The van der Waals surface area contributed by atoms with Crippen LogP contribution in [0.2, 0.25) is 0 Å². The fourth-order valence-corrected chi connectivity index (χ4v) is 3.66. The molecule has 114 valence electrons. The van der Waals surface area contributed by atoms with Crippen LogP contribution in [0.3, 0.4) is 0 Å². The molecule has 0 unspecified atom stereocenters. The lowest BCUT2D eigenvalue weighted by molar-refractivity contribution is 0.410. The molecule has 1 nitrogen and oxygen atoms in total. The number of aryl methyl sites for hydroxylation is 1. The van der Waals surface area contributed by atoms with E-state index in [-0.39, 0.29) is 0 Å². The van der Waals surface area contributed by atoms with E-state index >= 15 is 0 Å². The maximum Gasteiger partial charge on any atom is 0.122 e. The number of ether oxygens (including phenoxy) is 1. The van der Waals surface area contributed by atoms with Gasteiger partial charge in [0.05, 0.1) is 7.11 Å². The number of rotatable bonds is 3. The van der Waals surface area contributed by atoms with Gasteiger partial charge in [0, 0.05) is 12.0 Å². The van der Waals surface area contributed by atoms with Crippen molar-refractivity contribution in [2.45, 2.75) is 19.3 Å². The molecular weight excluding hydrogens is 280 g/mol. The predicted octanol–water partition coefficient (Wildman–Crippen LogP) is 5.05. The highest BCUT2D eigenvalue weighted by Gasteiger charge is 2.21. The molecule has 0 saturated heterocycles. The molecule has 0 heterocycles. The summed E-state index contributed by atoms with van der Waals surface area (Å²) in [7, 11) is 1.77. The molecule has 0 amide bonds. The summed E-state index contributed by atoms with van der Waals surface area (Å²) in [5.41, 5.74) is 8.33. The number of methoxy groups -OCH3 is 1. The van der Waals surface area contributed by atoms with E-state index in [2.05, 4.69) is 66.7 Å². The third kappa shape index (κ3) is 2.53. The minimum atomic E-state index is 0.926. The lowest BCUT2D eigenvalue weighted by Gasteiger charge is -2.24. The van der Waals surface area contributed by atoms with Gasteiger partial charge >= 0.3 is 0 Å². The number of benzene rings is 3. The largest absolute Gasteiger partial charge is 0.496 e. The minimum Gasteiger partial charge on any atom is -0.496 e. The topological polar surface area (TPSA) is 9.23 Å². The SMILES string of the molecule is COc1ccc2c(c1Cc1ccccc1)CCc1ccccc1-2. The predicted molar refractivity (Wildman–Crippen MR) is 95.1 cm³/mol. The normalized spacial score (nSPS) is 12.4. The van der Waals surface area contributed by atoms with Gasteiger partial charge in [-0.25, -0.2) is 0 Å². The van der Waals surface area contributed by atoms with Crippen LogP contribution < -0.4 is 4.74 Å². The number of hydrogen-bond acceptors (Lipinski definition) is 1. The quantitative estimate of drug-likeness (QED) is 0.657. The molecule has 1 heteroatoms. The number of hydrogen-bond donors (Lipinski definition) is 0. The molecule has 0 aliphatic heterocycles. The van der Waals surface area contributed by atoms with E-state index in [4.69, 9.17) is 4.74 Å². The number of fused-ring (bicyclic) bond motifs is 3. The van der Waals surface area contributed by atoms with E-state index in [0.717, 1.165) is 25.0 Å². The monoisotopic (exact) mass is 300 g/mol. The molecule has 0 saturated carbocycles. The Bertz CT molecular complexity index is 834. The fraction of sp³-hybridized carbons (Fsp3) is 0.182. The zero-order valence-electron chi connectivity index (χ0n) is 13.4. The second kappa shape index (κ2) is 5.92. The summed E-state index contributed by atoms with van der Waals surface area (Å²) in [6, 6.07) is 23.8. The molecule has 4 rings (SSSR count). The van der Waals surface area contributed by atoms with Gasteiger partial charge in [-0.2, -0.15) is 0 Å². The van der Waals surface area contributed by atoms with Gasteiger partial charge in [-0.3, -0.25) is 0 Å². The van der Waals surface area contributed by atoms with Crippen LogP contribution in [-0.2, 0) is 19.3 Å². The van der Waals surface area contributed by atoms with Gasteiger partial charge in [-0.05, 0) is 46.7 Å². The Hall–Kier alpha value is -2.54. The first kappa shape index (κ1) is 14.1. The molecule has 0 fully saturated rings. The molecule has 0 spiro atoms. The van der Waals surface area contributed by atoms with Gasteiger partial charge < -0.3 is 4.74 Å². The van der Waals surface area contributed by atoms with Gasteiger partial charge in [0.15, 0.2) is 0 Å². The van der Waals surface area contributed by atoms with Gasteiger partial charge in [0.2, 0.25) is 0 Å².